The van der Waals surface area contributed by atoms with E-state index in [1.54, 1.807) is 48.7 Å². The van der Waals surface area contributed by atoms with E-state index in [0.717, 1.165) is 11.3 Å². The smallest absolute Gasteiger partial charge is 0.270 e. The van der Waals surface area contributed by atoms with Crippen LogP contribution in [0.3, 0.4) is 0 Å². The largest absolute Gasteiger partial charge is 0.292 e. The van der Waals surface area contributed by atoms with Gasteiger partial charge in [-0.05, 0) is 66.3 Å². The van der Waals surface area contributed by atoms with Crippen LogP contribution in [0.1, 0.15) is 27.3 Å². The quantitative estimate of drug-likeness (QED) is 0.320. The Bertz CT molecular complexity index is 1340. The Morgan fingerprint density at radius 3 is 2.55 bits per heavy atom. The minimum Gasteiger partial charge on any atom is -0.292 e. The number of nitrogens with zero attached hydrogens (tertiary/aromatic N) is 3. The van der Waals surface area contributed by atoms with E-state index in [9.17, 15) is 13.2 Å². The number of Topliss-reactive ketones (excluding diaryl/α,β-unsaturated/α-hetero) is 1. The summed E-state index contributed by atoms with van der Waals surface area (Å²) in [5.74, 6) is -0.112. The van der Waals surface area contributed by atoms with Gasteiger partial charge in [-0.25, -0.2) is 17.4 Å². The van der Waals surface area contributed by atoms with Gasteiger partial charge in [-0.3, -0.25) is 9.89 Å². The first kappa shape index (κ1) is 19.8. The number of H-pyrrole nitrogens is 1. The first-order valence-corrected chi connectivity index (χ1v) is 11.3. The van der Waals surface area contributed by atoms with Crippen LogP contribution in [0.2, 0.25) is 0 Å². The number of aromatic nitrogens is 4. The van der Waals surface area contributed by atoms with Crippen molar-refractivity contribution in [3.63, 3.8) is 0 Å². The molecule has 7 nitrogen and oxygen atoms in total. The highest BCUT2D eigenvalue weighted by Gasteiger charge is 2.23. The van der Waals surface area contributed by atoms with Crippen LogP contribution in [0.5, 0.6) is 0 Å². The lowest BCUT2D eigenvalue weighted by Gasteiger charge is -2.08. The van der Waals surface area contributed by atoms with Crippen LogP contribution in [0.4, 0.5) is 0 Å². The highest BCUT2D eigenvalue weighted by Crippen LogP contribution is 2.26. The van der Waals surface area contributed by atoms with Gasteiger partial charge in [0.25, 0.3) is 10.0 Å². The van der Waals surface area contributed by atoms with Crippen molar-refractivity contribution in [1.82, 2.24) is 19.2 Å². The number of hydrogen-bond acceptors (Lipinski definition) is 5. The van der Waals surface area contributed by atoms with Crippen molar-refractivity contribution >= 4 is 49.4 Å². The number of hydrogen-bond donors (Lipinski definition) is 1. The van der Waals surface area contributed by atoms with Crippen LogP contribution < -0.4 is 0 Å². The average Bonchev–Trinajstić information content (AvgIpc) is 3.21. The zero-order chi connectivity index (χ0) is 20.8. The van der Waals surface area contributed by atoms with Crippen molar-refractivity contribution in [1.29, 1.82) is 0 Å². The molecular weight excluding hydrogens is 503 g/mol. The number of ketones is 1. The Balaban J connectivity index is 1.72. The third kappa shape index (κ3) is 3.48. The van der Waals surface area contributed by atoms with E-state index in [1.165, 1.54) is 3.97 Å². The predicted molar refractivity (Wildman–Crippen MR) is 118 cm³/mol. The number of carbonyl (C=O) groups excluding carboxylic acids is 1. The Labute approximate surface area is 181 Å². The molecule has 0 radical (unpaired) electrons. The number of aryl methyl sites for hydroxylation is 1. The van der Waals surface area contributed by atoms with Gasteiger partial charge in [0.15, 0.2) is 11.4 Å². The normalized spacial score (nSPS) is 11.8. The monoisotopic (exact) mass is 520 g/mol. The van der Waals surface area contributed by atoms with E-state index >= 15 is 0 Å². The van der Waals surface area contributed by atoms with Gasteiger partial charge in [0.1, 0.15) is 5.69 Å². The second kappa shape index (κ2) is 7.38. The molecule has 3 aromatic heterocycles. The minimum atomic E-state index is -3.77. The van der Waals surface area contributed by atoms with E-state index in [2.05, 4.69) is 15.2 Å². The summed E-state index contributed by atoms with van der Waals surface area (Å²) < 4.78 is 27.9. The summed E-state index contributed by atoms with van der Waals surface area (Å²) in [4.78, 5) is 17.1. The number of pyridine rings is 1. The van der Waals surface area contributed by atoms with Crippen molar-refractivity contribution in [3.8, 4) is 0 Å². The van der Waals surface area contributed by atoms with Crippen LogP contribution in [-0.4, -0.2) is 33.4 Å². The van der Waals surface area contributed by atoms with E-state index in [4.69, 9.17) is 0 Å². The standard InChI is InChI=1S/C20H17IN4O3S/c1-12-13(2)23-24-19(12)17(26)9-14-8-15-10-18(21)25(20(15)22-11-14)29(27,28)16-6-4-3-5-7-16/h3-8,10-11H,9H2,1-2H3,(H,23,24). The molecule has 4 rings (SSSR count). The SMILES string of the molecule is Cc1[nH]nc(C(=O)Cc2cnc3c(c2)cc(I)n3S(=O)(=O)c2ccccc2)c1C. The van der Waals surface area contributed by atoms with Crippen LogP contribution in [0.25, 0.3) is 11.0 Å². The number of rotatable bonds is 5. The molecule has 29 heavy (non-hydrogen) atoms. The molecule has 1 N–H and O–H groups in total. The van der Waals surface area contributed by atoms with Crippen molar-refractivity contribution in [3.05, 3.63) is 74.9 Å². The van der Waals surface area contributed by atoms with Gasteiger partial charge >= 0.3 is 0 Å². The molecule has 0 amide bonds. The lowest BCUT2D eigenvalue weighted by atomic mass is 10.1. The number of aromatic amines is 1. The van der Waals surface area contributed by atoms with E-state index in [-0.39, 0.29) is 17.1 Å². The second-order valence-corrected chi connectivity index (χ2v) is 9.62. The van der Waals surface area contributed by atoms with Crippen LogP contribution in [0.15, 0.2) is 53.6 Å². The van der Waals surface area contributed by atoms with Crippen molar-refractivity contribution in [2.24, 2.45) is 0 Å². The third-order valence-electron chi connectivity index (χ3n) is 4.78. The Morgan fingerprint density at radius 2 is 1.90 bits per heavy atom. The Kier molecular flexibility index (Phi) is 5.03. The van der Waals surface area contributed by atoms with Gasteiger partial charge in [0.05, 0.1) is 8.60 Å². The van der Waals surface area contributed by atoms with Crippen molar-refractivity contribution < 1.29 is 13.2 Å². The summed E-state index contributed by atoms with van der Waals surface area (Å²) in [5, 5.41) is 7.56. The van der Waals surface area contributed by atoms with Crippen molar-refractivity contribution in [2.75, 3.05) is 0 Å². The summed E-state index contributed by atoms with van der Waals surface area (Å²) >= 11 is 1.98. The molecule has 0 saturated heterocycles. The molecule has 0 atom stereocenters. The molecule has 0 aliphatic heterocycles. The topological polar surface area (TPSA) is 97.7 Å². The molecule has 0 unspecified atom stereocenters. The fourth-order valence-electron chi connectivity index (χ4n) is 3.13. The number of carbonyl (C=O) groups is 1. The summed E-state index contributed by atoms with van der Waals surface area (Å²) in [7, 11) is -3.77. The molecule has 3 heterocycles. The fraction of sp³-hybridized carbons (Fsp3) is 0.150. The molecule has 0 fully saturated rings. The molecule has 4 aromatic rings. The first-order chi connectivity index (χ1) is 13.8. The average molecular weight is 520 g/mol. The van der Waals surface area contributed by atoms with Gasteiger partial charge in [-0.1, -0.05) is 18.2 Å². The number of halogens is 1. The van der Waals surface area contributed by atoms with Crippen molar-refractivity contribution in [2.45, 2.75) is 25.2 Å². The molecule has 148 valence electrons. The molecule has 0 aliphatic rings. The highest BCUT2D eigenvalue weighted by atomic mass is 127. The van der Waals surface area contributed by atoms with Gasteiger partial charge in [-0.15, -0.1) is 0 Å². The molecule has 9 heteroatoms. The zero-order valence-corrected chi connectivity index (χ0v) is 18.7. The fourth-order valence-corrected chi connectivity index (χ4v) is 5.85. The van der Waals surface area contributed by atoms with Crippen LogP contribution in [-0.2, 0) is 16.4 Å². The van der Waals surface area contributed by atoms with Gasteiger partial charge in [0.2, 0.25) is 0 Å². The predicted octanol–water partition coefficient (Wildman–Crippen LogP) is 3.64. The van der Waals surface area contributed by atoms with E-state index < -0.39 is 10.0 Å². The molecule has 0 saturated carbocycles. The number of benzene rings is 1. The van der Waals surface area contributed by atoms with Gasteiger partial charge in [0, 0.05) is 29.3 Å². The molecule has 0 aliphatic carbocycles. The highest BCUT2D eigenvalue weighted by molar-refractivity contribution is 14.1. The summed E-state index contributed by atoms with van der Waals surface area (Å²) in [5.41, 5.74) is 3.15. The first-order valence-electron chi connectivity index (χ1n) is 8.80. The van der Waals surface area contributed by atoms with E-state index in [1.807, 2.05) is 36.4 Å². The Hall–Kier alpha value is -2.53. The van der Waals surface area contributed by atoms with Gasteiger partial charge < -0.3 is 0 Å². The lowest BCUT2D eigenvalue weighted by molar-refractivity contribution is 0.0987. The van der Waals surface area contributed by atoms with Crippen LogP contribution >= 0.6 is 22.6 Å². The minimum absolute atomic E-state index is 0.112. The number of nitrogens with one attached hydrogen (secondary N) is 1. The maximum atomic E-state index is 13.1. The van der Waals surface area contributed by atoms with E-state index in [0.29, 0.717) is 26.0 Å². The molecule has 1 aromatic carbocycles. The summed E-state index contributed by atoms with van der Waals surface area (Å²) in [6, 6.07) is 11.8. The van der Waals surface area contributed by atoms with Crippen LogP contribution in [0, 0.1) is 17.5 Å². The lowest BCUT2D eigenvalue weighted by Crippen LogP contribution is -2.15. The van der Waals surface area contributed by atoms with Gasteiger partial charge in [-0.2, -0.15) is 5.10 Å². The molecule has 0 bridgehead atoms. The third-order valence-corrected chi connectivity index (χ3v) is 7.62. The summed E-state index contributed by atoms with van der Waals surface area (Å²) in [6.45, 7) is 3.72. The number of fused-ring (bicyclic) bond motifs is 1. The Morgan fingerprint density at radius 1 is 1.17 bits per heavy atom. The second-order valence-electron chi connectivity index (χ2n) is 6.73. The zero-order valence-electron chi connectivity index (χ0n) is 15.7. The maximum absolute atomic E-state index is 13.1. The molecule has 0 spiro atoms. The summed E-state index contributed by atoms with van der Waals surface area (Å²) in [6.07, 6.45) is 1.68. The maximum Gasteiger partial charge on any atom is 0.270 e. The molecular formula is C20H17IN4O3S.